The van der Waals surface area contributed by atoms with E-state index in [0.29, 0.717) is 37.6 Å². The van der Waals surface area contributed by atoms with Crippen molar-refractivity contribution in [2.75, 3.05) is 0 Å². The lowest BCUT2D eigenvalue weighted by Crippen LogP contribution is -2.35. The number of benzene rings is 1. The highest BCUT2D eigenvalue weighted by molar-refractivity contribution is 5.82. The Morgan fingerprint density at radius 2 is 2.07 bits per heavy atom. The molecular formula is C22H27N5O3. The molecule has 1 aromatic carbocycles. The topological polar surface area (TPSA) is 95.0 Å². The molecule has 4 rings (SSSR count). The van der Waals surface area contributed by atoms with Gasteiger partial charge in [-0.15, -0.1) is 0 Å². The summed E-state index contributed by atoms with van der Waals surface area (Å²) in [6.45, 7) is 9.09. The van der Waals surface area contributed by atoms with Crippen LogP contribution in [0.1, 0.15) is 58.3 Å². The molecule has 0 spiro atoms. The molecule has 1 N–H and O–H groups in total. The normalized spacial score (nSPS) is 15.8. The van der Waals surface area contributed by atoms with Gasteiger partial charge in [0.05, 0.1) is 18.2 Å². The highest BCUT2D eigenvalue weighted by Crippen LogP contribution is 2.25. The minimum Gasteiger partial charge on any atom is -0.361 e. The number of nitrogens with zero attached hydrogens (tertiary/aromatic N) is 4. The Bertz CT molecular complexity index is 1130. The van der Waals surface area contributed by atoms with Crippen molar-refractivity contribution in [2.24, 2.45) is 0 Å². The Morgan fingerprint density at radius 3 is 2.80 bits per heavy atom. The summed E-state index contributed by atoms with van der Waals surface area (Å²) in [5, 5.41) is 11.5. The lowest BCUT2D eigenvalue weighted by molar-refractivity contribution is -0.123. The van der Waals surface area contributed by atoms with Crippen LogP contribution in [-0.2, 0) is 24.4 Å². The number of carbonyl (C=O) groups is 1. The van der Waals surface area contributed by atoms with Crippen molar-refractivity contribution in [1.82, 2.24) is 24.8 Å². The fourth-order valence-electron chi connectivity index (χ4n) is 4.04. The average molecular weight is 409 g/mol. The number of hydrogen-bond donors (Lipinski definition) is 1. The van der Waals surface area contributed by atoms with Gasteiger partial charge in [0.15, 0.2) is 0 Å². The molecule has 0 saturated heterocycles. The number of hydrogen-bond acceptors (Lipinski definition) is 5. The third kappa shape index (κ3) is 3.69. The third-order valence-electron chi connectivity index (χ3n) is 5.90. The van der Waals surface area contributed by atoms with Crippen molar-refractivity contribution in [2.45, 2.75) is 66.1 Å². The third-order valence-corrected chi connectivity index (χ3v) is 5.90. The number of aromatic nitrogens is 4. The summed E-state index contributed by atoms with van der Waals surface area (Å²) in [7, 11) is 0. The van der Waals surface area contributed by atoms with E-state index in [2.05, 4.69) is 33.8 Å². The van der Waals surface area contributed by atoms with Crippen molar-refractivity contribution in [1.29, 1.82) is 0 Å². The molecule has 8 heteroatoms. The zero-order chi connectivity index (χ0) is 21.4. The molecule has 3 heterocycles. The van der Waals surface area contributed by atoms with E-state index in [1.54, 1.807) is 4.57 Å². The molecule has 8 nitrogen and oxygen atoms in total. The number of carbonyl (C=O) groups excluding carboxylic acids is 1. The second kappa shape index (κ2) is 7.93. The molecule has 1 aliphatic heterocycles. The van der Waals surface area contributed by atoms with Crippen LogP contribution in [-0.4, -0.2) is 25.4 Å². The molecule has 0 bridgehead atoms. The van der Waals surface area contributed by atoms with Gasteiger partial charge < -0.3 is 9.84 Å². The molecule has 1 unspecified atom stereocenters. The number of rotatable bonds is 5. The van der Waals surface area contributed by atoms with Crippen LogP contribution in [0.25, 0.3) is 0 Å². The summed E-state index contributed by atoms with van der Waals surface area (Å²) in [5.41, 5.74) is 4.82. The SMILES string of the molecule is Cc1ccc(C)c(Cn2nc3n(c2=O)CCCC3C(=O)NCc2c(C)noc2C)c1. The van der Waals surface area contributed by atoms with Crippen LogP contribution in [0.3, 0.4) is 0 Å². The smallest absolute Gasteiger partial charge is 0.346 e. The monoisotopic (exact) mass is 409 g/mol. The maximum Gasteiger partial charge on any atom is 0.346 e. The van der Waals surface area contributed by atoms with E-state index in [1.165, 1.54) is 4.68 Å². The Morgan fingerprint density at radius 1 is 1.27 bits per heavy atom. The minimum atomic E-state index is -0.438. The first-order chi connectivity index (χ1) is 14.3. The lowest BCUT2D eigenvalue weighted by atomic mass is 9.98. The van der Waals surface area contributed by atoms with Crippen LogP contribution >= 0.6 is 0 Å². The largest absolute Gasteiger partial charge is 0.361 e. The van der Waals surface area contributed by atoms with E-state index in [9.17, 15) is 9.59 Å². The number of aryl methyl sites for hydroxylation is 4. The molecular weight excluding hydrogens is 382 g/mol. The zero-order valence-electron chi connectivity index (χ0n) is 17.9. The van der Waals surface area contributed by atoms with Gasteiger partial charge in [-0.05, 0) is 51.7 Å². The van der Waals surface area contributed by atoms with Gasteiger partial charge in [0.25, 0.3) is 0 Å². The van der Waals surface area contributed by atoms with Crippen LogP contribution < -0.4 is 11.0 Å². The minimum absolute atomic E-state index is 0.125. The van der Waals surface area contributed by atoms with Crippen LogP contribution in [0, 0.1) is 27.7 Å². The van der Waals surface area contributed by atoms with Gasteiger partial charge in [-0.1, -0.05) is 28.9 Å². The Balaban J connectivity index is 1.56. The Kier molecular flexibility index (Phi) is 5.32. The first kappa shape index (κ1) is 20.1. The predicted octanol–water partition coefficient (Wildman–Crippen LogP) is 2.51. The highest BCUT2D eigenvalue weighted by atomic mass is 16.5. The molecule has 1 amide bonds. The van der Waals surface area contributed by atoms with Crippen LogP contribution in [0.5, 0.6) is 0 Å². The van der Waals surface area contributed by atoms with Gasteiger partial charge >= 0.3 is 5.69 Å². The first-order valence-electron chi connectivity index (χ1n) is 10.3. The fourth-order valence-corrected chi connectivity index (χ4v) is 4.04. The zero-order valence-corrected chi connectivity index (χ0v) is 17.9. The number of nitrogens with one attached hydrogen (secondary N) is 1. The van der Waals surface area contributed by atoms with E-state index in [0.717, 1.165) is 34.4 Å². The van der Waals surface area contributed by atoms with Crippen molar-refractivity contribution in [3.8, 4) is 0 Å². The maximum atomic E-state index is 12.9. The summed E-state index contributed by atoms with van der Waals surface area (Å²) in [6, 6.07) is 6.18. The van der Waals surface area contributed by atoms with Crippen LogP contribution in [0.15, 0.2) is 27.5 Å². The molecule has 158 valence electrons. The molecule has 0 radical (unpaired) electrons. The van der Waals surface area contributed by atoms with Gasteiger partial charge in [-0.3, -0.25) is 9.36 Å². The molecule has 0 aliphatic carbocycles. The van der Waals surface area contributed by atoms with Crippen molar-refractivity contribution in [3.63, 3.8) is 0 Å². The summed E-state index contributed by atoms with van der Waals surface area (Å²) in [5.74, 6) is 0.686. The second-order valence-corrected chi connectivity index (χ2v) is 8.10. The average Bonchev–Trinajstić information content (AvgIpc) is 3.21. The predicted molar refractivity (Wildman–Crippen MR) is 111 cm³/mol. The van der Waals surface area contributed by atoms with Gasteiger partial charge in [0, 0.05) is 18.7 Å². The number of amides is 1. The van der Waals surface area contributed by atoms with Gasteiger partial charge in [-0.25, -0.2) is 9.48 Å². The van der Waals surface area contributed by atoms with E-state index in [4.69, 9.17) is 4.52 Å². The first-order valence-corrected chi connectivity index (χ1v) is 10.3. The Labute approximate surface area is 174 Å². The van der Waals surface area contributed by atoms with Crippen molar-refractivity contribution >= 4 is 5.91 Å². The molecule has 1 aliphatic rings. The van der Waals surface area contributed by atoms with Crippen molar-refractivity contribution < 1.29 is 9.32 Å². The molecule has 1 atom stereocenters. The standard InChI is InChI=1S/C22H27N5O3/c1-13-7-8-14(2)17(10-13)12-27-22(29)26-9-5-6-18(20(26)24-27)21(28)23-11-19-15(3)25-30-16(19)4/h7-8,10,18H,5-6,9,11-12H2,1-4H3,(H,23,28). The fraction of sp³-hybridized carbons (Fsp3) is 0.455. The van der Waals surface area contributed by atoms with Crippen molar-refractivity contribution in [3.05, 3.63) is 68.2 Å². The summed E-state index contributed by atoms with van der Waals surface area (Å²) in [6.07, 6.45) is 1.44. The van der Waals surface area contributed by atoms with E-state index >= 15 is 0 Å². The van der Waals surface area contributed by atoms with Gasteiger partial charge in [-0.2, -0.15) is 5.10 Å². The van der Waals surface area contributed by atoms with Gasteiger partial charge in [0.2, 0.25) is 5.91 Å². The second-order valence-electron chi connectivity index (χ2n) is 8.10. The Hall–Kier alpha value is -3.16. The number of fused-ring (bicyclic) bond motifs is 1. The van der Waals surface area contributed by atoms with E-state index in [-0.39, 0.29) is 11.6 Å². The van der Waals surface area contributed by atoms with Crippen LogP contribution in [0.4, 0.5) is 0 Å². The van der Waals surface area contributed by atoms with E-state index in [1.807, 2.05) is 27.7 Å². The lowest BCUT2D eigenvalue weighted by Gasteiger charge is -2.21. The van der Waals surface area contributed by atoms with Crippen LogP contribution in [0.2, 0.25) is 0 Å². The quantitative estimate of drug-likeness (QED) is 0.699. The molecule has 3 aromatic rings. The summed E-state index contributed by atoms with van der Waals surface area (Å²) >= 11 is 0. The van der Waals surface area contributed by atoms with E-state index < -0.39 is 5.92 Å². The summed E-state index contributed by atoms with van der Waals surface area (Å²) < 4.78 is 8.29. The molecule has 30 heavy (non-hydrogen) atoms. The molecule has 0 saturated carbocycles. The molecule has 2 aromatic heterocycles. The molecule has 0 fully saturated rings. The summed E-state index contributed by atoms with van der Waals surface area (Å²) in [4.78, 5) is 25.9. The maximum absolute atomic E-state index is 12.9. The van der Waals surface area contributed by atoms with Gasteiger partial charge in [0.1, 0.15) is 11.6 Å². The highest BCUT2D eigenvalue weighted by Gasteiger charge is 2.31.